The second-order valence-corrected chi connectivity index (χ2v) is 7.35. The Hall–Kier alpha value is -0.120. The second kappa shape index (κ2) is 6.55. The molecular formula is C16H32N2O. The van der Waals surface area contributed by atoms with Gasteiger partial charge in [0.2, 0.25) is 0 Å². The molecule has 1 saturated heterocycles. The Kier molecular flexibility index (Phi) is 5.27. The van der Waals surface area contributed by atoms with Crippen LogP contribution in [0.3, 0.4) is 0 Å². The Labute approximate surface area is 118 Å². The summed E-state index contributed by atoms with van der Waals surface area (Å²) in [6, 6.07) is 0.684. The Morgan fingerprint density at radius 2 is 1.95 bits per heavy atom. The van der Waals surface area contributed by atoms with Crippen molar-refractivity contribution in [3.05, 3.63) is 0 Å². The Morgan fingerprint density at radius 1 is 1.16 bits per heavy atom. The van der Waals surface area contributed by atoms with E-state index in [2.05, 4.69) is 18.7 Å². The molecule has 1 aliphatic heterocycles. The minimum atomic E-state index is 0.281. The molecule has 0 radical (unpaired) electrons. The van der Waals surface area contributed by atoms with E-state index in [-0.39, 0.29) is 5.41 Å². The Bertz CT molecular complexity index is 280. The highest BCUT2D eigenvalue weighted by molar-refractivity contribution is 4.93. The number of aliphatic hydroxyl groups is 1. The number of likely N-dealkylation sites (tertiary alicyclic amines) is 1. The van der Waals surface area contributed by atoms with Crippen LogP contribution in [0.15, 0.2) is 0 Å². The number of rotatable bonds is 3. The Morgan fingerprint density at radius 3 is 2.68 bits per heavy atom. The fraction of sp³-hybridized carbons (Fsp3) is 1.00. The highest BCUT2D eigenvalue weighted by Crippen LogP contribution is 2.38. The van der Waals surface area contributed by atoms with Gasteiger partial charge in [-0.2, -0.15) is 0 Å². The summed E-state index contributed by atoms with van der Waals surface area (Å²) >= 11 is 0. The van der Waals surface area contributed by atoms with Crippen molar-refractivity contribution in [2.24, 2.45) is 17.1 Å². The molecule has 2 rings (SSSR count). The number of hydrogen-bond acceptors (Lipinski definition) is 3. The summed E-state index contributed by atoms with van der Waals surface area (Å²) in [6.07, 6.45) is 8.85. The van der Waals surface area contributed by atoms with Crippen LogP contribution in [0.5, 0.6) is 0 Å². The van der Waals surface area contributed by atoms with Crippen molar-refractivity contribution in [1.29, 1.82) is 0 Å². The van der Waals surface area contributed by atoms with E-state index in [1.165, 1.54) is 38.5 Å². The standard InChI is InChI=1S/C16H32N2O/c1-16(2)9-6-7-13(15(16)17)11-18-10-5-3-4-8-14(18)12-19/h13-15,19H,3-12,17H2,1-2H3. The first kappa shape index (κ1) is 15.3. The van der Waals surface area contributed by atoms with Crippen molar-refractivity contribution < 1.29 is 5.11 Å². The van der Waals surface area contributed by atoms with Gasteiger partial charge in [-0.25, -0.2) is 0 Å². The summed E-state index contributed by atoms with van der Waals surface area (Å²) in [4.78, 5) is 2.53. The van der Waals surface area contributed by atoms with Gasteiger partial charge < -0.3 is 10.8 Å². The van der Waals surface area contributed by atoms with Crippen LogP contribution in [-0.4, -0.2) is 41.8 Å². The van der Waals surface area contributed by atoms with Crippen LogP contribution in [0.25, 0.3) is 0 Å². The molecule has 0 spiro atoms. The van der Waals surface area contributed by atoms with Gasteiger partial charge in [0, 0.05) is 18.6 Å². The molecule has 3 nitrogen and oxygen atoms in total. The number of aliphatic hydroxyl groups excluding tert-OH is 1. The van der Waals surface area contributed by atoms with Crippen LogP contribution in [0, 0.1) is 11.3 Å². The van der Waals surface area contributed by atoms with Crippen molar-refractivity contribution in [1.82, 2.24) is 4.90 Å². The van der Waals surface area contributed by atoms with E-state index in [1.807, 2.05) is 0 Å². The smallest absolute Gasteiger partial charge is 0.0586 e. The maximum Gasteiger partial charge on any atom is 0.0586 e. The zero-order valence-electron chi connectivity index (χ0n) is 12.8. The fourth-order valence-corrected chi connectivity index (χ4v) is 3.99. The molecule has 0 aromatic rings. The lowest BCUT2D eigenvalue weighted by molar-refractivity contribution is 0.0644. The molecule has 1 saturated carbocycles. The van der Waals surface area contributed by atoms with Gasteiger partial charge in [0.05, 0.1) is 6.61 Å². The summed E-state index contributed by atoms with van der Waals surface area (Å²) in [5.74, 6) is 0.607. The van der Waals surface area contributed by atoms with Gasteiger partial charge >= 0.3 is 0 Å². The van der Waals surface area contributed by atoms with E-state index >= 15 is 0 Å². The quantitative estimate of drug-likeness (QED) is 0.826. The lowest BCUT2D eigenvalue weighted by atomic mass is 9.68. The third-order valence-electron chi connectivity index (χ3n) is 5.49. The first-order valence-corrected chi connectivity index (χ1v) is 8.15. The third-order valence-corrected chi connectivity index (χ3v) is 5.49. The van der Waals surface area contributed by atoms with E-state index in [4.69, 9.17) is 5.73 Å². The molecule has 0 aromatic carbocycles. The van der Waals surface area contributed by atoms with Gasteiger partial charge in [-0.3, -0.25) is 4.90 Å². The minimum Gasteiger partial charge on any atom is -0.395 e. The monoisotopic (exact) mass is 268 g/mol. The number of nitrogens with zero attached hydrogens (tertiary/aromatic N) is 1. The zero-order chi connectivity index (χ0) is 13.9. The van der Waals surface area contributed by atoms with E-state index in [9.17, 15) is 5.11 Å². The average molecular weight is 268 g/mol. The predicted octanol–water partition coefficient (Wildman–Crippen LogP) is 2.38. The van der Waals surface area contributed by atoms with Gasteiger partial charge in [-0.05, 0) is 43.6 Å². The van der Waals surface area contributed by atoms with Crippen molar-refractivity contribution in [3.63, 3.8) is 0 Å². The van der Waals surface area contributed by atoms with Crippen LogP contribution in [0.2, 0.25) is 0 Å². The molecule has 1 heterocycles. The summed E-state index contributed by atoms with van der Waals surface area (Å²) in [7, 11) is 0. The summed E-state index contributed by atoms with van der Waals surface area (Å²) in [5.41, 5.74) is 6.79. The minimum absolute atomic E-state index is 0.281. The molecule has 0 aromatic heterocycles. The molecule has 3 N–H and O–H groups in total. The molecule has 1 aliphatic carbocycles. The zero-order valence-corrected chi connectivity index (χ0v) is 12.8. The molecule has 2 aliphatic rings. The summed E-state index contributed by atoms with van der Waals surface area (Å²) in [5, 5.41) is 9.61. The van der Waals surface area contributed by atoms with Crippen molar-refractivity contribution in [2.45, 2.75) is 70.9 Å². The van der Waals surface area contributed by atoms with Crippen LogP contribution >= 0.6 is 0 Å². The van der Waals surface area contributed by atoms with Crippen LogP contribution in [0.1, 0.15) is 58.8 Å². The SMILES string of the molecule is CC1(C)CCCC(CN2CCCCCC2CO)C1N. The van der Waals surface area contributed by atoms with Crippen LogP contribution < -0.4 is 5.73 Å². The molecule has 0 bridgehead atoms. The molecule has 2 fully saturated rings. The number of nitrogens with two attached hydrogens (primary N) is 1. The van der Waals surface area contributed by atoms with Gasteiger partial charge in [-0.1, -0.05) is 33.1 Å². The summed E-state index contributed by atoms with van der Waals surface area (Å²) < 4.78 is 0. The van der Waals surface area contributed by atoms with E-state index in [0.29, 0.717) is 24.6 Å². The molecule has 19 heavy (non-hydrogen) atoms. The molecule has 112 valence electrons. The third kappa shape index (κ3) is 3.71. The molecule has 3 atom stereocenters. The van der Waals surface area contributed by atoms with Gasteiger partial charge in [0.1, 0.15) is 0 Å². The molecule has 3 unspecified atom stereocenters. The largest absolute Gasteiger partial charge is 0.395 e. The van der Waals surface area contributed by atoms with E-state index < -0.39 is 0 Å². The highest BCUT2D eigenvalue weighted by Gasteiger charge is 2.37. The normalized spacial score (nSPS) is 36.9. The Balaban J connectivity index is 1.97. The molecular weight excluding hydrogens is 236 g/mol. The van der Waals surface area contributed by atoms with Crippen LogP contribution in [0.4, 0.5) is 0 Å². The predicted molar refractivity (Wildman–Crippen MR) is 80.0 cm³/mol. The first-order valence-electron chi connectivity index (χ1n) is 8.15. The highest BCUT2D eigenvalue weighted by atomic mass is 16.3. The first-order chi connectivity index (χ1) is 9.04. The van der Waals surface area contributed by atoms with Crippen LogP contribution in [-0.2, 0) is 0 Å². The van der Waals surface area contributed by atoms with Crippen molar-refractivity contribution >= 4 is 0 Å². The average Bonchev–Trinajstić information content (AvgIpc) is 2.60. The lowest BCUT2D eigenvalue weighted by Crippen LogP contribution is -2.52. The van der Waals surface area contributed by atoms with Crippen molar-refractivity contribution in [3.8, 4) is 0 Å². The second-order valence-electron chi connectivity index (χ2n) is 7.35. The molecule has 3 heteroatoms. The van der Waals surface area contributed by atoms with Crippen molar-refractivity contribution in [2.75, 3.05) is 19.7 Å². The molecule has 0 amide bonds. The maximum absolute atomic E-state index is 9.61. The van der Waals surface area contributed by atoms with Gasteiger partial charge in [0.15, 0.2) is 0 Å². The number of hydrogen-bond donors (Lipinski definition) is 2. The summed E-state index contributed by atoms with van der Waals surface area (Å²) in [6.45, 7) is 7.18. The fourth-order valence-electron chi connectivity index (χ4n) is 3.99. The van der Waals surface area contributed by atoms with Gasteiger partial charge in [0.25, 0.3) is 0 Å². The topological polar surface area (TPSA) is 49.5 Å². The van der Waals surface area contributed by atoms with E-state index in [0.717, 1.165) is 19.5 Å². The van der Waals surface area contributed by atoms with Gasteiger partial charge in [-0.15, -0.1) is 0 Å². The maximum atomic E-state index is 9.61. The van der Waals surface area contributed by atoms with E-state index in [1.54, 1.807) is 0 Å². The lowest BCUT2D eigenvalue weighted by Gasteiger charge is -2.44.